The van der Waals surface area contributed by atoms with Crippen LogP contribution in [0.25, 0.3) is 0 Å². The van der Waals surface area contributed by atoms with Crippen LogP contribution in [0.5, 0.6) is 0 Å². The minimum atomic E-state index is 0. The second-order valence-electron chi connectivity index (χ2n) is 5.42. The van der Waals surface area contributed by atoms with Crippen molar-refractivity contribution in [1.82, 2.24) is 10.9 Å². The molecule has 0 atom stereocenters. The molecule has 0 aromatic carbocycles. The first-order valence-corrected chi connectivity index (χ1v) is 8.38. The van der Waals surface area contributed by atoms with E-state index in [1.54, 1.807) is 0 Å². The first kappa shape index (κ1) is 23.9. The first-order chi connectivity index (χ1) is 12.9. The fraction of sp³-hybridized carbons (Fsp3) is 0. The van der Waals surface area contributed by atoms with Gasteiger partial charge in [0.1, 0.15) is 0 Å². The van der Waals surface area contributed by atoms with Crippen molar-refractivity contribution in [3.63, 3.8) is 0 Å². The number of hydrazone groups is 2. The quantitative estimate of drug-likeness (QED) is 0.626. The smallest absolute Gasteiger partial charge is 0.173 e. The molecular formula is C22H20Fe2N4. The normalized spacial score (nSPS) is 18.9. The van der Waals surface area contributed by atoms with Crippen LogP contribution in [0.1, 0.15) is 0 Å². The van der Waals surface area contributed by atoms with Crippen LogP contribution in [0.2, 0.25) is 0 Å². The van der Waals surface area contributed by atoms with Crippen molar-refractivity contribution in [2.75, 3.05) is 0 Å². The maximum Gasteiger partial charge on any atom is 0.173 e. The molecule has 0 saturated heterocycles. The minimum Gasteiger partial charge on any atom is -0.257 e. The minimum absolute atomic E-state index is 0. The molecule has 4 nitrogen and oxygen atoms in total. The van der Waals surface area contributed by atoms with Crippen LogP contribution in [0, 0.1) is 25.7 Å². The van der Waals surface area contributed by atoms with Gasteiger partial charge >= 0.3 is 0 Å². The third kappa shape index (κ3) is 7.87. The molecule has 4 radical (unpaired) electrons. The summed E-state index contributed by atoms with van der Waals surface area (Å²) in [7, 11) is 0. The van der Waals surface area contributed by atoms with Gasteiger partial charge in [-0.2, -0.15) is 10.2 Å². The number of hydrogen-bond acceptors (Lipinski definition) is 4. The monoisotopic (exact) mass is 452 g/mol. The van der Waals surface area contributed by atoms with Crippen LogP contribution in [0.4, 0.5) is 0 Å². The molecule has 0 spiro atoms. The summed E-state index contributed by atoms with van der Waals surface area (Å²) >= 11 is 0. The molecule has 144 valence electrons. The molecule has 0 unspecified atom stereocenters. The number of allylic oxidation sites excluding steroid dienone is 12. The third-order valence-corrected chi connectivity index (χ3v) is 3.53. The molecule has 1 aliphatic heterocycles. The van der Waals surface area contributed by atoms with Crippen LogP contribution in [-0.2, 0) is 34.1 Å². The Balaban J connectivity index is 0.000000271. The molecular weight excluding hydrogens is 432 g/mol. The second-order valence-corrected chi connectivity index (χ2v) is 5.42. The van der Waals surface area contributed by atoms with E-state index in [9.17, 15) is 0 Å². The Morgan fingerprint density at radius 1 is 0.464 bits per heavy atom. The Kier molecular flexibility index (Phi) is 11.9. The van der Waals surface area contributed by atoms with Gasteiger partial charge in [-0.05, 0) is 0 Å². The number of amidine groups is 2. The van der Waals surface area contributed by atoms with E-state index < -0.39 is 0 Å². The third-order valence-electron chi connectivity index (χ3n) is 3.53. The fourth-order valence-corrected chi connectivity index (χ4v) is 2.23. The number of nitrogens with one attached hydrogen (secondary N) is 2. The summed E-state index contributed by atoms with van der Waals surface area (Å²) in [6, 6.07) is 0. The van der Waals surface area contributed by atoms with Crippen LogP contribution in [0.3, 0.4) is 0 Å². The van der Waals surface area contributed by atoms with E-state index in [1.807, 2.05) is 111 Å². The topological polar surface area (TPSA) is 48.8 Å². The van der Waals surface area contributed by atoms with Crippen molar-refractivity contribution in [1.29, 1.82) is 0 Å². The SMILES string of the molecule is [CH]1C=CC(C2=NNC(C3=C[CH]C=C3)=NN2)=C1.[CH]1C=CC=C1.[CH]1C=CC=C1.[Fe].[Fe]. The zero-order valence-corrected chi connectivity index (χ0v) is 17.2. The van der Waals surface area contributed by atoms with Crippen LogP contribution in [-0.4, -0.2) is 11.7 Å². The molecule has 0 amide bonds. The van der Waals surface area contributed by atoms with E-state index in [1.165, 1.54) is 0 Å². The van der Waals surface area contributed by atoms with Gasteiger partial charge in [0, 0.05) is 71.0 Å². The molecule has 0 saturated carbocycles. The average Bonchev–Trinajstić information content (AvgIpc) is 3.50. The van der Waals surface area contributed by atoms with E-state index >= 15 is 0 Å². The van der Waals surface area contributed by atoms with Gasteiger partial charge in [0.05, 0.1) is 0 Å². The number of hydrogen-bond donors (Lipinski definition) is 2. The number of rotatable bonds is 2. The largest absolute Gasteiger partial charge is 0.257 e. The second kappa shape index (κ2) is 14.0. The molecule has 1 heterocycles. The van der Waals surface area contributed by atoms with Gasteiger partial charge in [-0.15, -0.1) is 0 Å². The van der Waals surface area contributed by atoms with Gasteiger partial charge in [0.2, 0.25) is 0 Å². The molecule has 0 aromatic heterocycles. The van der Waals surface area contributed by atoms with E-state index in [2.05, 4.69) is 21.1 Å². The predicted octanol–water partition coefficient (Wildman–Crippen LogP) is 3.84. The van der Waals surface area contributed by atoms with Gasteiger partial charge < -0.3 is 0 Å². The summed E-state index contributed by atoms with van der Waals surface area (Å²) < 4.78 is 0. The molecule has 2 N–H and O–H groups in total. The standard InChI is InChI=1S/C12H10N4.2C5H5.2Fe/c1-2-6-9(5-1)11-13-15-12(16-14-11)10-7-3-4-8-10;2*1-2-4-5-3-1;;/h1-8H,(H,13,14)(H,15,16);2*1-5H;;. The summed E-state index contributed by atoms with van der Waals surface area (Å²) in [5.74, 6) is 1.47. The van der Waals surface area contributed by atoms with Crippen molar-refractivity contribution in [3.05, 3.63) is 122 Å². The first-order valence-electron chi connectivity index (χ1n) is 8.38. The molecule has 5 rings (SSSR count). The average molecular weight is 452 g/mol. The Labute approximate surface area is 188 Å². The molecule has 0 fully saturated rings. The Morgan fingerprint density at radius 2 is 0.857 bits per heavy atom. The summed E-state index contributed by atoms with van der Waals surface area (Å²) in [5, 5.41) is 8.47. The van der Waals surface area contributed by atoms with E-state index in [0.29, 0.717) is 0 Å². The van der Waals surface area contributed by atoms with E-state index in [4.69, 9.17) is 0 Å². The van der Waals surface area contributed by atoms with Gasteiger partial charge in [0.15, 0.2) is 11.7 Å². The molecule has 4 aliphatic carbocycles. The van der Waals surface area contributed by atoms with Gasteiger partial charge in [0.25, 0.3) is 0 Å². The maximum atomic E-state index is 4.23. The zero-order chi connectivity index (χ0) is 17.9. The van der Waals surface area contributed by atoms with Crippen molar-refractivity contribution in [2.24, 2.45) is 10.2 Å². The Morgan fingerprint density at radius 3 is 1.07 bits per heavy atom. The van der Waals surface area contributed by atoms with Crippen LogP contribution < -0.4 is 10.9 Å². The summed E-state index contributed by atoms with van der Waals surface area (Å²) in [6.45, 7) is 0. The van der Waals surface area contributed by atoms with Crippen molar-refractivity contribution in [3.8, 4) is 0 Å². The Bertz CT molecular complexity index is 718. The summed E-state index contributed by atoms with van der Waals surface area (Å²) in [4.78, 5) is 0. The maximum absolute atomic E-state index is 4.23. The van der Waals surface area contributed by atoms with Crippen molar-refractivity contribution >= 4 is 11.7 Å². The van der Waals surface area contributed by atoms with Crippen molar-refractivity contribution < 1.29 is 34.1 Å². The summed E-state index contributed by atoms with van der Waals surface area (Å²) in [6.07, 6.45) is 35.8. The molecule has 0 bridgehead atoms. The fourth-order valence-electron chi connectivity index (χ4n) is 2.23. The van der Waals surface area contributed by atoms with Gasteiger partial charge in [-0.25, -0.2) is 0 Å². The van der Waals surface area contributed by atoms with Crippen LogP contribution >= 0.6 is 0 Å². The Hall–Kier alpha value is -2.10. The molecule has 6 heteroatoms. The molecule has 5 aliphatic rings. The molecule has 0 aromatic rings. The predicted molar refractivity (Wildman–Crippen MR) is 109 cm³/mol. The summed E-state index contributed by atoms with van der Waals surface area (Å²) in [5.41, 5.74) is 7.92. The van der Waals surface area contributed by atoms with E-state index in [-0.39, 0.29) is 34.1 Å². The van der Waals surface area contributed by atoms with Gasteiger partial charge in [-0.1, -0.05) is 85.1 Å². The molecule has 28 heavy (non-hydrogen) atoms. The zero-order valence-electron chi connectivity index (χ0n) is 15.0. The van der Waals surface area contributed by atoms with Gasteiger partial charge in [-0.3, -0.25) is 10.9 Å². The van der Waals surface area contributed by atoms with Crippen molar-refractivity contribution in [2.45, 2.75) is 0 Å². The van der Waals surface area contributed by atoms with Crippen LogP contribution in [0.15, 0.2) is 106 Å². The number of nitrogens with zero attached hydrogens (tertiary/aromatic N) is 2. The van der Waals surface area contributed by atoms with E-state index in [0.717, 1.165) is 22.8 Å².